The number of ketones is 1. The van der Waals surface area contributed by atoms with Gasteiger partial charge in [0.05, 0.1) is 7.11 Å². The van der Waals surface area contributed by atoms with Crippen LogP contribution >= 0.6 is 0 Å². The zero-order chi connectivity index (χ0) is 24.8. The summed E-state index contributed by atoms with van der Waals surface area (Å²) in [5.41, 5.74) is 0.983. The smallest absolute Gasteiger partial charge is 0.305 e. The molecular weight excluding hydrogens is 428 g/mol. The number of ether oxygens (including phenoxy) is 2. The first-order valence-corrected chi connectivity index (χ1v) is 13.6. The Morgan fingerprint density at radius 1 is 1.06 bits per heavy atom. The summed E-state index contributed by atoms with van der Waals surface area (Å²) < 4.78 is 10.6. The maximum Gasteiger partial charge on any atom is 0.305 e. The minimum Gasteiger partial charge on any atom is -0.469 e. The van der Waals surface area contributed by atoms with Crippen molar-refractivity contribution in [3.63, 3.8) is 0 Å². The third-order valence-corrected chi connectivity index (χ3v) is 10.8. The highest BCUT2D eigenvalue weighted by molar-refractivity contribution is 5.99. The van der Waals surface area contributed by atoms with Crippen LogP contribution in [0.1, 0.15) is 91.9 Å². The lowest BCUT2D eigenvalue weighted by atomic mass is 9.43. The highest BCUT2D eigenvalue weighted by atomic mass is 16.5. The summed E-state index contributed by atoms with van der Waals surface area (Å²) in [6.07, 6.45) is 8.73. The van der Waals surface area contributed by atoms with Gasteiger partial charge in [0.25, 0.3) is 0 Å². The van der Waals surface area contributed by atoms with Gasteiger partial charge in [0.1, 0.15) is 6.10 Å². The maximum absolute atomic E-state index is 13.9. The Balaban J connectivity index is 1.53. The molecule has 4 saturated carbocycles. The SMILES string of the molecule is C=C1C(=O)C2C(CC[C@@]3(C)C2CCC3[C@H](C)CCC(=O)OC)[C@@]2(C)CC[C@@H](OC(=O)CC)CC12. The van der Waals surface area contributed by atoms with E-state index in [0.717, 1.165) is 56.9 Å². The van der Waals surface area contributed by atoms with Gasteiger partial charge in [-0.15, -0.1) is 0 Å². The van der Waals surface area contributed by atoms with Crippen LogP contribution in [0.4, 0.5) is 0 Å². The predicted molar refractivity (Wildman–Crippen MR) is 131 cm³/mol. The summed E-state index contributed by atoms with van der Waals surface area (Å²) in [7, 11) is 1.46. The van der Waals surface area contributed by atoms with Gasteiger partial charge < -0.3 is 9.47 Å². The van der Waals surface area contributed by atoms with Crippen molar-refractivity contribution in [2.75, 3.05) is 7.11 Å². The molecule has 4 rings (SSSR count). The highest BCUT2D eigenvalue weighted by Gasteiger charge is 2.64. The summed E-state index contributed by atoms with van der Waals surface area (Å²) in [6.45, 7) is 13.3. The number of allylic oxidation sites excluding steroid dienone is 1. The second kappa shape index (κ2) is 9.43. The molecule has 0 aromatic rings. The van der Waals surface area contributed by atoms with Crippen LogP contribution in [0.2, 0.25) is 0 Å². The van der Waals surface area contributed by atoms with E-state index >= 15 is 0 Å². The lowest BCUT2D eigenvalue weighted by Gasteiger charge is -2.60. The fraction of sp³-hybridized carbons (Fsp3) is 0.828. The molecule has 5 unspecified atom stereocenters. The third kappa shape index (κ3) is 4.05. The van der Waals surface area contributed by atoms with E-state index < -0.39 is 0 Å². The summed E-state index contributed by atoms with van der Waals surface area (Å²) in [4.78, 5) is 37.5. The number of esters is 2. The van der Waals surface area contributed by atoms with E-state index in [9.17, 15) is 14.4 Å². The van der Waals surface area contributed by atoms with Crippen molar-refractivity contribution in [1.82, 2.24) is 0 Å². The van der Waals surface area contributed by atoms with E-state index in [-0.39, 0.29) is 46.5 Å². The molecule has 5 heteroatoms. The zero-order valence-corrected chi connectivity index (χ0v) is 21.9. The van der Waals surface area contributed by atoms with Gasteiger partial charge in [-0.3, -0.25) is 14.4 Å². The van der Waals surface area contributed by atoms with Crippen LogP contribution in [0.15, 0.2) is 12.2 Å². The van der Waals surface area contributed by atoms with Gasteiger partial charge in [0, 0.05) is 18.8 Å². The molecular formula is C29H44O5. The van der Waals surface area contributed by atoms with E-state index in [1.165, 1.54) is 7.11 Å². The van der Waals surface area contributed by atoms with E-state index in [2.05, 4.69) is 27.4 Å². The molecule has 5 nitrogen and oxygen atoms in total. The quantitative estimate of drug-likeness (QED) is 0.355. The Labute approximate surface area is 205 Å². The molecule has 0 saturated heterocycles. The Hall–Kier alpha value is -1.65. The van der Waals surface area contributed by atoms with Crippen molar-refractivity contribution >= 4 is 17.7 Å². The first kappa shape index (κ1) is 25.4. The normalized spacial score (nSPS) is 42.3. The average molecular weight is 473 g/mol. The lowest BCUT2D eigenvalue weighted by molar-refractivity contribution is -0.161. The minimum absolute atomic E-state index is 0.0562. The highest BCUT2D eigenvalue weighted by Crippen LogP contribution is 2.68. The van der Waals surface area contributed by atoms with Crippen molar-refractivity contribution in [2.24, 2.45) is 46.3 Å². The molecule has 0 aliphatic heterocycles. The van der Waals surface area contributed by atoms with Crippen molar-refractivity contribution in [3.05, 3.63) is 12.2 Å². The van der Waals surface area contributed by atoms with Gasteiger partial charge in [-0.05, 0) is 97.4 Å². The monoisotopic (exact) mass is 472 g/mol. The molecule has 4 fully saturated rings. The number of hydrogen-bond acceptors (Lipinski definition) is 5. The number of hydrogen-bond donors (Lipinski definition) is 0. The first-order valence-electron chi connectivity index (χ1n) is 13.6. The zero-order valence-electron chi connectivity index (χ0n) is 21.9. The van der Waals surface area contributed by atoms with Gasteiger partial charge >= 0.3 is 11.9 Å². The van der Waals surface area contributed by atoms with Crippen LogP contribution in [0.25, 0.3) is 0 Å². The first-order chi connectivity index (χ1) is 16.1. The molecule has 0 aromatic heterocycles. The summed E-state index contributed by atoms with van der Waals surface area (Å²) in [5.74, 6) is 1.96. The largest absolute Gasteiger partial charge is 0.469 e. The van der Waals surface area contributed by atoms with Crippen molar-refractivity contribution in [2.45, 2.75) is 98.0 Å². The van der Waals surface area contributed by atoms with Gasteiger partial charge in [0.2, 0.25) is 0 Å². The number of carbonyl (C=O) groups is 3. The van der Waals surface area contributed by atoms with Crippen LogP contribution in [0.3, 0.4) is 0 Å². The van der Waals surface area contributed by atoms with E-state index in [1.807, 2.05) is 6.92 Å². The van der Waals surface area contributed by atoms with Gasteiger partial charge in [0.15, 0.2) is 5.78 Å². The van der Waals surface area contributed by atoms with E-state index in [0.29, 0.717) is 36.5 Å². The summed E-state index contributed by atoms with van der Waals surface area (Å²) in [6, 6.07) is 0. The Kier molecular flexibility index (Phi) is 7.05. The van der Waals surface area contributed by atoms with Gasteiger partial charge in [-0.25, -0.2) is 0 Å². The van der Waals surface area contributed by atoms with Crippen molar-refractivity contribution in [1.29, 1.82) is 0 Å². The third-order valence-electron chi connectivity index (χ3n) is 10.8. The molecule has 9 atom stereocenters. The number of Topliss-reactive ketones (excluding diaryl/α,β-unsaturated/α-hetero) is 1. The summed E-state index contributed by atoms with van der Waals surface area (Å²) >= 11 is 0. The van der Waals surface area contributed by atoms with Crippen molar-refractivity contribution < 1.29 is 23.9 Å². The van der Waals surface area contributed by atoms with E-state index in [4.69, 9.17) is 9.47 Å². The topological polar surface area (TPSA) is 69.7 Å². The fourth-order valence-corrected chi connectivity index (χ4v) is 8.91. The van der Waals surface area contributed by atoms with Gasteiger partial charge in [-0.2, -0.15) is 0 Å². The Morgan fingerprint density at radius 3 is 2.41 bits per heavy atom. The minimum atomic E-state index is -0.147. The molecule has 190 valence electrons. The molecule has 0 heterocycles. The second-order valence-corrected chi connectivity index (χ2v) is 12.2. The lowest BCUT2D eigenvalue weighted by Crippen LogP contribution is -2.58. The molecule has 0 radical (unpaired) electrons. The molecule has 0 amide bonds. The number of carbonyl (C=O) groups excluding carboxylic acids is 3. The second-order valence-electron chi connectivity index (χ2n) is 12.2. The van der Waals surface area contributed by atoms with Crippen LogP contribution < -0.4 is 0 Å². The van der Waals surface area contributed by atoms with Gasteiger partial charge in [-0.1, -0.05) is 34.3 Å². The Morgan fingerprint density at radius 2 is 1.74 bits per heavy atom. The molecule has 0 aromatic carbocycles. The van der Waals surface area contributed by atoms with Crippen LogP contribution in [-0.4, -0.2) is 30.9 Å². The van der Waals surface area contributed by atoms with Crippen LogP contribution in [0.5, 0.6) is 0 Å². The number of methoxy groups -OCH3 is 1. The molecule has 0 bridgehead atoms. The van der Waals surface area contributed by atoms with Crippen LogP contribution in [0, 0.1) is 46.3 Å². The molecule has 0 spiro atoms. The maximum atomic E-state index is 13.9. The fourth-order valence-electron chi connectivity index (χ4n) is 8.91. The summed E-state index contributed by atoms with van der Waals surface area (Å²) in [5, 5.41) is 0. The predicted octanol–water partition coefficient (Wildman–Crippen LogP) is 5.90. The number of rotatable bonds is 6. The Bertz CT molecular complexity index is 847. The number of fused-ring (bicyclic) bond motifs is 5. The molecule has 4 aliphatic carbocycles. The van der Waals surface area contributed by atoms with E-state index in [1.54, 1.807) is 0 Å². The molecule has 0 N–H and O–H groups in total. The van der Waals surface area contributed by atoms with Crippen molar-refractivity contribution in [3.8, 4) is 0 Å². The van der Waals surface area contributed by atoms with Crippen LogP contribution in [-0.2, 0) is 23.9 Å². The molecule has 4 aliphatic rings. The standard InChI is InChI=1S/C29H44O5/c1-7-24(30)34-19-12-14-29(5)22-13-15-28(4)20(17(2)8-11-25(31)33-6)9-10-21(28)26(22)27(32)18(3)23(29)16-19/h17,19-23,26H,3,7-16H2,1-2,4-6H3/t17-,19-,20?,21?,22?,23?,26?,28-,29-/m1/s1. The molecule has 34 heavy (non-hydrogen) atoms. The average Bonchev–Trinajstić information content (AvgIpc) is 3.18.